The monoisotopic (exact) mass is 830 g/mol. The van der Waals surface area contributed by atoms with E-state index in [9.17, 15) is 24.3 Å². The fourth-order valence-electron chi connectivity index (χ4n) is 9.10. The van der Waals surface area contributed by atoms with Gasteiger partial charge in [-0.2, -0.15) is 0 Å². The van der Waals surface area contributed by atoms with Gasteiger partial charge in [0.05, 0.1) is 33.8 Å². The van der Waals surface area contributed by atoms with Crippen molar-refractivity contribution in [2.24, 2.45) is 0 Å². The van der Waals surface area contributed by atoms with Crippen molar-refractivity contribution in [2.75, 3.05) is 66.0 Å². The van der Waals surface area contributed by atoms with Crippen LogP contribution in [0.25, 0.3) is 5.69 Å². The van der Waals surface area contributed by atoms with Crippen LogP contribution in [0, 0.1) is 0 Å². The Morgan fingerprint density at radius 1 is 0.879 bits per heavy atom. The van der Waals surface area contributed by atoms with Crippen LogP contribution in [-0.2, 0) is 20.4 Å². The molecule has 6 heterocycles. The second-order valence-corrected chi connectivity index (χ2v) is 16.2. The number of aliphatic carboxylic acids is 1. The van der Waals surface area contributed by atoms with E-state index < -0.39 is 34.9 Å². The molecule has 9 rings (SSSR count). The lowest BCUT2D eigenvalue weighted by molar-refractivity contribution is -0.190. The minimum atomic E-state index is -1.17. The third kappa shape index (κ3) is 7.39. The fourth-order valence-corrected chi connectivity index (χ4v) is 9.40. The van der Waals surface area contributed by atoms with E-state index in [1.54, 1.807) is 34.2 Å². The quantitative estimate of drug-likeness (QED) is 0.238. The number of carbonyl (C=O) groups excluding carboxylic acids is 3. The van der Waals surface area contributed by atoms with Crippen LogP contribution in [0.1, 0.15) is 47.2 Å². The standard InChI is InChI=1S/C40H44Cl2N10O6/c1-58-33-10-8-29(51-26-43-45-46-51)24-30(33)35(53)49-18-12-39(25-49,28-7-9-31(41)32(42)23-28)11-15-47-16-13-40(14-17-47,27-5-3-2-4-6-27)37(56)44-38(57)52-34(36(54)55)48-19-21-50(52)22-20-48/h2-10,23-24,26,34H,11-22,25H2,1H3,(H,54,55)(H,44,56,57). The van der Waals surface area contributed by atoms with E-state index in [0.29, 0.717) is 112 Å². The van der Waals surface area contributed by atoms with E-state index in [4.69, 9.17) is 27.9 Å². The van der Waals surface area contributed by atoms with Crippen LogP contribution in [0.2, 0.25) is 10.0 Å². The molecule has 18 heteroatoms. The molecule has 4 aromatic rings. The zero-order chi connectivity index (χ0) is 40.6. The Labute approximate surface area is 345 Å². The molecule has 4 amide bonds. The number of hydrogen-bond acceptors (Lipinski definition) is 11. The Morgan fingerprint density at radius 3 is 2.31 bits per heavy atom. The van der Waals surface area contributed by atoms with Gasteiger partial charge < -0.3 is 19.6 Å². The van der Waals surface area contributed by atoms with Gasteiger partial charge in [-0.1, -0.05) is 59.6 Å². The minimum absolute atomic E-state index is 0.180. The molecule has 5 aliphatic rings. The summed E-state index contributed by atoms with van der Waals surface area (Å²) in [5.41, 5.74) is 1.34. The molecule has 304 valence electrons. The molecule has 2 bridgehead atoms. The molecule has 2 N–H and O–H groups in total. The van der Waals surface area contributed by atoms with Crippen LogP contribution in [0.15, 0.2) is 73.1 Å². The van der Waals surface area contributed by atoms with E-state index in [1.807, 2.05) is 47.4 Å². The number of aromatic nitrogens is 4. The van der Waals surface area contributed by atoms with Crippen molar-refractivity contribution in [3.05, 3.63) is 99.8 Å². The molecule has 0 radical (unpaired) electrons. The first kappa shape index (κ1) is 39.7. The molecule has 0 spiro atoms. The van der Waals surface area contributed by atoms with Crippen molar-refractivity contribution in [1.82, 2.24) is 50.2 Å². The lowest BCUT2D eigenvalue weighted by atomic mass is 9.71. The number of carbonyl (C=O) groups is 4. The summed E-state index contributed by atoms with van der Waals surface area (Å²) >= 11 is 13.0. The summed E-state index contributed by atoms with van der Waals surface area (Å²) in [6.45, 7) is 4.80. The van der Waals surface area contributed by atoms with Crippen LogP contribution < -0.4 is 10.1 Å². The third-order valence-corrected chi connectivity index (χ3v) is 13.1. The molecule has 58 heavy (non-hydrogen) atoms. The van der Waals surface area contributed by atoms with Crippen molar-refractivity contribution < 1.29 is 29.0 Å². The maximum absolute atomic E-state index is 14.3. The van der Waals surface area contributed by atoms with Gasteiger partial charge in [0.15, 0.2) is 0 Å². The topological polar surface area (TPSA) is 170 Å². The molecule has 5 fully saturated rings. The first-order chi connectivity index (χ1) is 28.0. The van der Waals surface area contributed by atoms with Gasteiger partial charge in [0.25, 0.3) is 5.91 Å². The van der Waals surface area contributed by atoms with Crippen molar-refractivity contribution in [1.29, 1.82) is 0 Å². The van der Waals surface area contributed by atoms with Gasteiger partial charge in [0.2, 0.25) is 12.1 Å². The Balaban J connectivity index is 0.997. The summed E-state index contributed by atoms with van der Waals surface area (Å²) in [6.07, 6.45) is 2.55. The number of nitrogens with one attached hydrogen (secondary N) is 1. The maximum atomic E-state index is 14.3. The normalized spacial score (nSPS) is 24.1. The van der Waals surface area contributed by atoms with Crippen LogP contribution in [0.5, 0.6) is 5.75 Å². The van der Waals surface area contributed by atoms with E-state index in [-0.39, 0.29) is 5.91 Å². The van der Waals surface area contributed by atoms with Gasteiger partial charge in [0, 0.05) is 44.7 Å². The smallest absolute Gasteiger partial charge is 0.343 e. The number of piperazine rings is 1. The number of halogens is 2. The molecular formula is C40H44Cl2N10O6. The summed E-state index contributed by atoms with van der Waals surface area (Å²) in [6, 6.07) is 19.7. The third-order valence-electron chi connectivity index (χ3n) is 12.4. The summed E-state index contributed by atoms with van der Waals surface area (Å²) in [7, 11) is 1.53. The average Bonchev–Trinajstić information content (AvgIpc) is 3.96. The number of hydrazine groups is 1. The van der Waals surface area contributed by atoms with E-state index in [2.05, 4.69) is 25.7 Å². The van der Waals surface area contributed by atoms with Crippen LogP contribution in [0.4, 0.5) is 4.79 Å². The summed E-state index contributed by atoms with van der Waals surface area (Å²) < 4.78 is 7.09. The molecule has 16 nitrogen and oxygen atoms in total. The lowest BCUT2D eigenvalue weighted by Gasteiger charge is -2.52. The number of ether oxygens (including phenoxy) is 1. The number of piperidine rings is 1. The number of amides is 4. The SMILES string of the molecule is COc1ccc(-n2cnnn2)cc1C(=O)N1CCC(CCN2CCC(C(=O)NC(=O)N3C(C(=O)O)N4CCN3CC4)(c3ccccc3)CC2)(c2ccc(Cl)c(Cl)c2)C1. The Hall–Kier alpha value is -5.13. The number of likely N-dealkylation sites (tertiary alicyclic amines) is 2. The van der Waals surface area contributed by atoms with E-state index >= 15 is 0 Å². The first-order valence-electron chi connectivity index (χ1n) is 19.3. The highest BCUT2D eigenvalue weighted by molar-refractivity contribution is 6.42. The summed E-state index contributed by atoms with van der Waals surface area (Å²) in [5, 5.41) is 27.8. The van der Waals surface area contributed by atoms with Crippen molar-refractivity contribution in [2.45, 2.75) is 42.7 Å². The minimum Gasteiger partial charge on any atom is -0.496 e. The van der Waals surface area contributed by atoms with Gasteiger partial charge >= 0.3 is 12.0 Å². The number of imide groups is 1. The number of methoxy groups -OCH3 is 1. The summed E-state index contributed by atoms with van der Waals surface area (Å²) in [5.74, 6) is -1.32. The van der Waals surface area contributed by atoms with Crippen LogP contribution in [0.3, 0.4) is 0 Å². The molecule has 3 aromatic carbocycles. The number of hydrogen-bond donors (Lipinski definition) is 2. The zero-order valence-electron chi connectivity index (χ0n) is 32.0. The van der Waals surface area contributed by atoms with Gasteiger partial charge in [-0.15, -0.1) is 5.10 Å². The highest BCUT2D eigenvalue weighted by Gasteiger charge is 2.49. The highest BCUT2D eigenvalue weighted by atomic mass is 35.5. The molecule has 5 aliphatic heterocycles. The lowest BCUT2D eigenvalue weighted by Crippen LogP contribution is -2.74. The van der Waals surface area contributed by atoms with Crippen molar-refractivity contribution in [3.63, 3.8) is 0 Å². The molecule has 2 unspecified atom stereocenters. The Kier molecular flexibility index (Phi) is 11.1. The number of urea groups is 1. The van der Waals surface area contributed by atoms with Gasteiger partial charge in [-0.05, 0) is 97.2 Å². The van der Waals surface area contributed by atoms with Gasteiger partial charge in [0.1, 0.15) is 12.1 Å². The predicted molar refractivity (Wildman–Crippen MR) is 213 cm³/mol. The molecule has 0 saturated carbocycles. The number of fused-ring (bicyclic) bond motifs is 3. The predicted octanol–water partition coefficient (Wildman–Crippen LogP) is 3.68. The van der Waals surface area contributed by atoms with Crippen molar-refractivity contribution in [3.8, 4) is 11.4 Å². The molecule has 1 aromatic heterocycles. The number of nitrogens with zero attached hydrogens (tertiary/aromatic N) is 9. The second kappa shape index (κ2) is 16.3. The number of benzene rings is 3. The second-order valence-electron chi connectivity index (χ2n) is 15.4. The number of carboxylic acid groups (broad SMARTS) is 1. The van der Waals surface area contributed by atoms with E-state index in [1.165, 1.54) is 23.1 Å². The fraction of sp³-hybridized carbons (Fsp3) is 0.425. The number of carboxylic acids is 1. The Morgan fingerprint density at radius 2 is 1.64 bits per heavy atom. The molecule has 5 saturated heterocycles. The highest BCUT2D eigenvalue weighted by Crippen LogP contribution is 2.42. The van der Waals surface area contributed by atoms with Crippen LogP contribution >= 0.6 is 23.2 Å². The first-order valence-corrected chi connectivity index (χ1v) is 20.1. The largest absolute Gasteiger partial charge is 0.496 e. The van der Waals surface area contributed by atoms with Crippen LogP contribution in [-0.4, -0.2) is 146 Å². The molecule has 0 aliphatic carbocycles. The van der Waals surface area contributed by atoms with Gasteiger partial charge in [-0.3, -0.25) is 19.8 Å². The molecule has 2 atom stereocenters. The summed E-state index contributed by atoms with van der Waals surface area (Å²) in [4.78, 5) is 60.5. The van der Waals surface area contributed by atoms with Gasteiger partial charge in [-0.25, -0.2) is 24.3 Å². The zero-order valence-corrected chi connectivity index (χ0v) is 33.5. The maximum Gasteiger partial charge on any atom is 0.343 e. The van der Waals surface area contributed by atoms with E-state index in [0.717, 1.165) is 11.1 Å². The molecular weight excluding hydrogens is 787 g/mol. The number of tetrazole rings is 1. The number of rotatable bonds is 10. The Bertz CT molecular complexity index is 2180. The van der Waals surface area contributed by atoms with Crippen molar-refractivity contribution >= 4 is 47.0 Å². The average molecular weight is 832 g/mol.